The molecule has 0 spiro atoms. The number of ether oxygens (including phenoxy) is 1. The zero-order valence-electron chi connectivity index (χ0n) is 16.1. The molecule has 0 aromatic rings. The van der Waals surface area contributed by atoms with E-state index in [2.05, 4.69) is 33.9 Å². The van der Waals surface area contributed by atoms with Gasteiger partial charge in [-0.05, 0) is 49.9 Å². The molecule has 0 amide bonds. The summed E-state index contributed by atoms with van der Waals surface area (Å²) in [7, 11) is -1.82. The molecule has 0 aromatic carbocycles. The second-order valence-corrected chi connectivity index (χ2v) is 13.2. The maximum Gasteiger partial charge on any atom is 0.192 e. The first-order valence-electron chi connectivity index (χ1n) is 9.31. The van der Waals surface area contributed by atoms with E-state index in [4.69, 9.17) is 9.16 Å². The standard InChI is InChI=1S/C19H38O3Si/c1-7-21-14-13-17(20)15-18(16-11-9-8-10-12-16)22-23(5,6)19(2,3)4/h13-14,16-18,20H,7-12,15H2,1-6H3/b14-13+/t17-,18+/m1/s1. The molecular formula is C19H38O3Si. The number of aliphatic hydroxyl groups excluding tert-OH is 1. The summed E-state index contributed by atoms with van der Waals surface area (Å²) in [6.07, 6.45) is 10.2. The highest BCUT2D eigenvalue weighted by molar-refractivity contribution is 6.74. The van der Waals surface area contributed by atoms with E-state index < -0.39 is 14.4 Å². The molecule has 0 aromatic heterocycles. The Kier molecular flexibility index (Phi) is 8.32. The molecule has 1 aliphatic carbocycles. The molecule has 0 saturated heterocycles. The Balaban J connectivity index is 2.76. The van der Waals surface area contributed by atoms with Crippen LogP contribution >= 0.6 is 0 Å². The lowest BCUT2D eigenvalue weighted by molar-refractivity contribution is 0.0518. The van der Waals surface area contributed by atoms with Crippen LogP contribution < -0.4 is 0 Å². The third-order valence-electron chi connectivity index (χ3n) is 5.47. The van der Waals surface area contributed by atoms with Crippen LogP contribution in [0.4, 0.5) is 0 Å². The number of aliphatic hydroxyl groups is 1. The predicted octanol–water partition coefficient (Wildman–Crippen LogP) is 5.26. The molecule has 1 aliphatic rings. The summed E-state index contributed by atoms with van der Waals surface area (Å²) in [6.45, 7) is 14.0. The first-order chi connectivity index (χ1) is 10.7. The summed E-state index contributed by atoms with van der Waals surface area (Å²) < 4.78 is 11.9. The zero-order chi connectivity index (χ0) is 17.5. The van der Waals surface area contributed by atoms with E-state index in [1.54, 1.807) is 12.3 Å². The minimum atomic E-state index is -1.82. The molecule has 23 heavy (non-hydrogen) atoms. The van der Waals surface area contributed by atoms with E-state index in [0.717, 1.165) is 0 Å². The molecule has 1 saturated carbocycles. The van der Waals surface area contributed by atoms with E-state index in [1.807, 2.05) is 6.92 Å². The number of rotatable bonds is 8. The van der Waals surface area contributed by atoms with Gasteiger partial charge < -0.3 is 14.3 Å². The van der Waals surface area contributed by atoms with Gasteiger partial charge in [0.2, 0.25) is 0 Å². The monoisotopic (exact) mass is 342 g/mol. The summed E-state index contributed by atoms with van der Waals surface area (Å²) in [4.78, 5) is 0. The van der Waals surface area contributed by atoms with Crippen molar-refractivity contribution in [3.63, 3.8) is 0 Å². The van der Waals surface area contributed by atoms with E-state index in [9.17, 15) is 5.11 Å². The fourth-order valence-corrected chi connectivity index (χ4v) is 4.36. The minimum Gasteiger partial charge on any atom is -0.502 e. The van der Waals surface area contributed by atoms with Gasteiger partial charge in [0.25, 0.3) is 0 Å². The molecule has 0 unspecified atom stereocenters. The third kappa shape index (κ3) is 6.98. The normalized spacial score (nSPS) is 20.7. The van der Waals surface area contributed by atoms with E-state index in [0.29, 0.717) is 18.9 Å². The molecule has 2 atom stereocenters. The highest BCUT2D eigenvalue weighted by atomic mass is 28.4. The van der Waals surface area contributed by atoms with Crippen LogP contribution in [-0.4, -0.2) is 32.2 Å². The van der Waals surface area contributed by atoms with Gasteiger partial charge in [-0.25, -0.2) is 0 Å². The first-order valence-corrected chi connectivity index (χ1v) is 12.2. The SMILES string of the molecule is CCO/C=C/[C@@H](O)C[C@H](O[Si](C)(C)C(C)(C)C)C1CCCCC1. The van der Waals surface area contributed by atoms with Crippen LogP contribution in [0.25, 0.3) is 0 Å². The van der Waals surface area contributed by atoms with E-state index in [1.165, 1.54) is 32.1 Å². The fraction of sp³-hybridized carbons (Fsp3) is 0.895. The maximum absolute atomic E-state index is 10.3. The van der Waals surface area contributed by atoms with Crippen LogP contribution in [0, 0.1) is 5.92 Å². The van der Waals surface area contributed by atoms with Gasteiger partial charge in [0.1, 0.15) is 0 Å². The second-order valence-electron chi connectivity index (χ2n) is 8.40. The largest absolute Gasteiger partial charge is 0.502 e. The number of hydrogen-bond donors (Lipinski definition) is 1. The third-order valence-corrected chi connectivity index (χ3v) is 9.97. The van der Waals surface area contributed by atoms with Crippen molar-refractivity contribution in [2.45, 2.75) is 96.6 Å². The molecule has 1 N–H and O–H groups in total. The molecule has 0 radical (unpaired) electrons. The minimum absolute atomic E-state index is 0.164. The van der Waals surface area contributed by atoms with E-state index >= 15 is 0 Å². The van der Waals surface area contributed by atoms with Crippen molar-refractivity contribution >= 4 is 8.32 Å². The Bertz CT molecular complexity index is 354. The summed E-state index contributed by atoms with van der Waals surface area (Å²) in [5.41, 5.74) is 0. The Labute approximate surface area is 144 Å². The highest BCUT2D eigenvalue weighted by Gasteiger charge is 2.41. The summed E-state index contributed by atoms with van der Waals surface area (Å²) in [5.74, 6) is 0.591. The average Bonchev–Trinajstić information content (AvgIpc) is 2.46. The van der Waals surface area contributed by atoms with Crippen LogP contribution in [0.3, 0.4) is 0 Å². The van der Waals surface area contributed by atoms with Crippen molar-refractivity contribution in [2.75, 3.05) is 6.61 Å². The summed E-state index contributed by atoms with van der Waals surface area (Å²) in [6, 6.07) is 0. The average molecular weight is 343 g/mol. The van der Waals surface area contributed by atoms with Crippen LogP contribution in [0.1, 0.15) is 66.2 Å². The number of hydrogen-bond acceptors (Lipinski definition) is 3. The van der Waals surface area contributed by atoms with Crippen LogP contribution in [0.15, 0.2) is 12.3 Å². The zero-order valence-corrected chi connectivity index (χ0v) is 17.1. The lowest BCUT2D eigenvalue weighted by atomic mass is 9.83. The van der Waals surface area contributed by atoms with Gasteiger partial charge in [0.15, 0.2) is 8.32 Å². The van der Waals surface area contributed by atoms with E-state index in [-0.39, 0.29) is 11.1 Å². The van der Waals surface area contributed by atoms with Gasteiger partial charge in [-0.1, -0.05) is 40.0 Å². The predicted molar refractivity (Wildman–Crippen MR) is 100 cm³/mol. The maximum atomic E-state index is 10.3. The van der Waals surface area contributed by atoms with Gasteiger partial charge in [0, 0.05) is 6.42 Å². The van der Waals surface area contributed by atoms with Crippen molar-refractivity contribution in [2.24, 2.45) is 5.92 Å². The Morgan fingerprint density at radius 2 is 1.78 bits per heavy atom. The molecule has 3 nitrogen and oxygen atoms in total. The molecule has 0 aliphatic heterocycles. The van der Waals surface area contributed by atoms with Gasteiger partial charge in [-0.2, -0.15) is 0 Å². The van der Waals surface area contributed by atoms with Gasteiger partial charge in [0.05, 0.1) is 25.1 Å². The van der Waals surface area contributed by atoms with Crippen molar-refractivity contribution in [1.82, 2.24) is 0 Å². The van der Waals surface area contributed by atoms with Crippen molar-refractivity contribution in [3.05, 3.63) is 12.3 Å². The molecule has 136 valence electrons. The molecular weight excluding hydrogens is 304 g/mol. The summed E-state index contributed by atoms with van der Waals surface area (Å²) >= 11 is 0. The van der Waals surface area contributed by atoms with Crippen molar-refractivity contribution < 1.29 is 14.3 Å². The van der Waals surface area contributed by atoms with Crippen molar-refractivity contribution in [3.8, 4) is 0 Å². The molecule has 4 heteroatoms. The quantitative estimate of drug-likeness (QED) is 0.483. The molecule has 1 rings (SSSR count). The van der Waals surface area contributed by atoms with Gasteiger partial charge in [-0.3, -0.25) is 0 Å². The smallest absolute Gasteiger partial charge is 0.192 e. The topological polar surface area (TPSA) is 38.7 Å². The Morgan fingerprint density at radius 1 is 1.17 bits per heavy atom. The second kappa shape index (κ2) is 9.24. The lowest BCUT2D eigenvalue weighted by Gasteiger charge is -2.42. The first kappa shape index (κ1) is 20.7. The van der Waals surface area contributed by atoms with Gasteiger partial charge in [-0.15, -0.1) is 0 Å². The Morgan fingerprint density at radius 3 is 2.30 bits per heavy atom. The van der Waals surface area contributed by atoms with Crippen molar-refractivity contribution in [1.29, 1.82) is 0 Å². The molecule has 0 heterocycles. The lowest BCUT2D eigenvalue weighted by Crippen LogP contribution is -2.46. The van der Waals surface area contributed by atoms with Crippen LogP contribution in [-0.2, 0) is 9.16 Å². The van der Waals surface area contributed by atoms with Gasteiger partial charge >= 0.3 is 0 Å². The highest BCUT2D eigenvalue weighted by Crippen LogP contribution is 2.40. The summed E-state index contributed by atoms with van der Waals surface area (Å²) in [5, 5.41) is 10.5. The fourth-order valence-electron chi connectivity index (χ4n) is 2.96. The molecule has 1 fully saturated rings. The van der Waals surface area contributed by atoms with Crippen LogP contribution in [0.5, 0.6) is 0 Å². The Hall–Kier alpha value is -0.323. The molecule has 0 bridgehead atoms. The van der Waals surface area contributed by atoms with Crippen LogP contribution in [0.2, 0.25) is 18.1 Å².